The van der Waals surface area contributed by atoms with Crippen molar-refractivity contribution in [3.63, 3.8) is 0 Å². The normalized spacial score (nSPS) is 12.2. The average Bonchev–Trinajstić information content (AvgIpc) is 2.15. The predicted octanol–water partition coefficient (Wildman–Crippen LogP) is 2.25. The third-order valence-electron chi connectivity index (χ3n) is 2.15. The minimum atomic E-state index is -0.854. The Balaban J connectivity index is 2.89. The molecular weight excluding hydrogens is 202 g/mol. The molecule has 0 saturated carbocycles. The van der Waals surface area contributed by atoms with Gasteiger partial charge in [-0.3, -0.25) is 0 Å². The molecule has 0 spiro atoms. The van der Waals surface area contributed by atoms with Crippen LogP contribution in [0.3, 0.4) is 0 Å². The third-order valence-corrected chi connectivity index (χ3v) is 2.39. The molecule has 3 nitrogen and oxygen atoms in total. The van der Waals surface area contributed by atoms with Crippen LogP contribution >= 0.6 is 11.6 Å². The van der Waals surface area contributed by atoms with Gasteiger partial charge in [-0.05, 0) is 25.1 Å². The number of hydrogen-bond acceptors (Lipinski definition) is 2. The second-order valence-electron chi connectivity index (χ2n) is 3.10. The first-order valence-electron chi connectivity index (χ1n) is 4.23. The average molecular weight is 214 g/mol. The van der Waals surface area contributed by atoms with Gasteiger partial charge in [-0.2, -0.15) is 0 Å². The zero-order valence-electron chi connectivity index (χ0n) is 8.07. The van der Waals surface area contributed by atoms with E-state index in [4.69, 9.17) is 16.7 Å². The zero-order valence-corrected chi connectivity index (χ0v) is 8.82. The number of carbonyl (C=O) groups is 1. The molecule has 76 valence electrons. The maximum absolute atomic E-state index is 10.7. The summed E-state index contributed by atoms with van der Waals surface area (Å²) in [6.45, 7) is 1.63. The lowest BCUT2D eigenvalue weighted by Gasteiger charge is -2.23. The van der Waals surface area contributed by atoms with Crippen molar-refractivity contribution in [2.75, 3.05) is 11.9 Å². The molecule has 0 aliphatic heterocycles. The van der Waals surface area contributed by atoms with Crippen LogP contribution in [-0.4, -0.2) is 24.2 Å². The molecule has 0 radical (unpaired) electrons. The maximum atomic E-state index is 10.7. The number of carboxylic acids is 1. The molecule has 0 saturated heterocycles. The lowest BCUT2D eigenvalue weighted by atomic mass is 10.2. The maximum Gasteiger partial charge on any atom is 0.326 e. The number of nitrogens with zero attached hydrogens (tertiary/aromatic N) is 1. The molecule has 1 rings (SSSR count). The second-order valence-corrected chi connectivity index (χ2v) is 3.54. The SMILES string of the molecule is CC(C(=O)O)N(C)c1cccc(Cl)c1. The van der Waals surface area contributed by atoms with Crippen molar-refractivity contribution in [2.45, 2.75) is 13.0 Å². The highest BCUT2D eigenvalue weighted by Crippen LogP contribution is 2.19. The molecule has 0 fully saturated rings. The molecule has 1 unspecified atom stereocenters. The molecular formula is C10H12ClNO2. The first-order valence-corrected chi connectivity index (χ1v) is 4.61. The number of benzene rings is 1. The van der Waals surface area contributed by atoms with Crippen LogP contribution in [0.5, 0.6) is 0 Å². The van der Waals surface area contributed by atoms with Crippen LogP contribution in [0, 0.1) is 0 Å². The van der Waals surface area contributed by atoms with Gasteiger partial charge < -0.3 is 10.0 Å². The van der Waals surface area contributed by atoms with Crippen LogP contribution < -0.4 is 4.90 Å². The Labute approximate surface area is 87.9 Å². The Morgan fingerprint density at radius 3 is 2.71 bits per heavy atom. The molecule has 0 aliphatic rings. The lowest BCUT2D eigenvalue weighted by Crippen LogP contribution is -2.35. The van der Waals surface area contributed by atoms with Gasteiger partial charge in [0.2, 0.25) is 0 Å². The van der Waals surface area contributed by atoms with Gasteiger partial charge in [0.05, 0.1) is 0 Å². The first-order chi connectivity index (χ1) is 6.52. The molecule has 0 heterocycles. The van der Waals surface area contributed by atoms with E-state index >= 15 is 0 Å². The van der Waals surface area contributed by atoms with E-state index in [0.717, 1.165) is 5.69 Å². The number of anilines is 1. The highest BCUT2D eigenvalue weighted by Gasteiger charge is 2.16. The van der Waals surface area contributed by atoms with Crippen LogP contribution in [0.25, 0.3) is 0 Å². The van der Waals surface area contributed by atoms with E-state index in [2.05, 4.69) is 0 Å². The fraction of sp³-hybridized carbons (Fsp3) is 0.300. The van der Waals surface area contributed by atoms with Crippen molar-refractivity contribution in [1.82, 2.24) is 0 Å². The topological polar surface area (TPSA) is 40.5 Å². The Bertz CT molecular complexity index is 341. The van der Waals surface area contributed by atoms with Crippen molar-refractivity contribution >= 4 is 23.3 Å². The van der Waals surface area contributed by atoms with Crippen LogP contribution in [-0.2, 0) is 4.79 Å². The highest BCUT2D eigenvalue weighted by molar-refractivity contribution is 6.30. The summed E-state index contributed by atoms with van der Waals surface area (Å²) in [5.74, 6) is -0.854. The van der Waals surface area contributed by atoms with E-state index in [1.54, 1.807) is 37.1 Å². The minimum absolute atomic E-state index is 0.562. The summed E-state index contributed by atoms with van der Waals surface area (Å²) in [5.41, 5.74) is 0.799. The Hall–Kier alpha value is -1.22. The summed E-state index contributed by atoms with van der Waals surface area (Å²) in [7, 11) is 1.73. The first kappa shape index (κ1) is 10.9. The monoisotopic (exact) mass is 213 g/mol. The van der Waals surface area contributed by atoms with E-state index in [0.29, 0.717) is 5.02 Å². The van der Waals surface area contributed by atoms with Gasteiger partial charge in [-0.1, -0.05) is 17.7 Å². The Morgan fingerprint density at radius 1 is 1.57 bits per heavy atom. The summed E-state index contributed by atoms with van der Waals surface area (Å²) in [5, 5.41) is 9.41. The quantitative estimate of drug-likeness (QED) is 0.837. The molecule has 14 heavy (non-hydrogen) atoms. The molecule has 0 aromatic heterocycles. The van der Waals surface area contributed by atoms with Gasteiger partial charge in [-0.25, -0.2) is 4.79 Å². The van der Waals surface area contributed by atoms with E-state index in [-0.39, 0.29) is 0 Å². The molecule has 1 atom stereocenters. The van der Waals surface area contributed by atoms with Gasteiger partial charge in [0.15, 0.2) is 0 Å². The van der Waals surface area contributed by atoms with Crippen molar-refractivity contribution in [1.29, 1.82) is 0 Å². The smallest absolute Gasteiger partial charge is 0.326 e. The van der Waals surface area contributed by atoms with Crippen LogP contribution in [0.1, 0.15) is 6.92 Å². The third kappa shape index (κ3) is 2.39. The molecule has 0 amide bonds. The fourth-order valence-corrected chi connectivity index (χ4v) is 1.27. The Morgan fingerprint density at radius 2 is 2.21 bits per heavy atom. The summed E-state index contributed by atoms with van der Waals surface area (Å²) >= 11 is 5.80. The van der Waals surface area contributed by atoms with E-state index in [9.17, 15) is 4.79 Å². The predicted molar refractivity (Wildman–Crippen MR) is 57.0 cm³/mol. The van der Waals surface area contributed by atoms with Gasteiger partial charge in [0.1, 0.15) is 6.04 Å². The lowest BCUT2D eigenvalue weighted by molar-refractivity contribution is -0.138. The highest BCUT2D eigenvalue weighted by atomic mass is 35.5. The number of aliphatic carboxylic acids is 1. The number of rotatable bonds is 3. The summed E-state index contributed by atoms with van der Waals surface area (Å²) < 4.78 is 0. The van der Waals surface area contributed by atoms with Crippen LogP contribution in [0.2, 0.25) is 5.02 Å². The summed E-state index contributed by atoms with van der Waals surface area (Å²) in [6, 6.07) is 6.55. The summed E-state index contributed by atoms with van der Waals surface area (Å²) in [6.07, 6.45) is 0. The summed E-state index contributed by atoms with van der Waals surface area (Å²) in [4.78, 5) is 12.4. The van der Waals surface area contributed by atoms with Gasteiger partial charge in [0.25, 0.3) is 0 Å². The number of hydrogen-bond donors (Lipinski definition) is 1. The number of halogens is 1. The minimum Gasteiger partial charge on any atom is -0.480 e. The molecule has 0 bridgehead atoms. The van der Waals surface area contributed by atoms with E-state index in [1.165, 1.54) is 0 Å². The molecule has 1 aromatic carbocycles. The second kappa shape index (κ2) is 4.33. The van der Waals surface area contributed by atoms with Crippen molar-refractivity contribution in [2.24, 2.45) is 0 Å². The Kier molecular flexibility index (Phi) is 3.36. The van der Waals surface area contributed by atoms with Crippen molar-refractivity contribution in [3.05, 3.63) is 29.3 Å². The van der Waals surface area contributed by atoms with Crippen LogP contribution in [0.15, 0.2) is 24.3 Å². The molecule has 4 heteroatoms. The number of carboxylic acid groups (broad SMARTS) is 1. The van der Waals surface area contributed by atoms with E-state index < -0.39 is 12.0 Å². The number of likely N-dealkylation sites (N-methyl/N-ethyl adjacent to an activating group) is 1. The van der Waals surface area contributed by atoms with Gasteiger partial charge >= 0.3 is 5.97 Å². The molecule has 1 aromatic rings. The fourth-order valence-electron chi connectivity index (χ4n) is 1.08. The van der Waals surface area contributed by atoms with Crippen molar-refractivity contribution in [3.8, 4) is 0 Å². The van der Waals surface area contributed by atoms with Gasteiger partial charge in [-0.15, -0.1) is 0 Å². The zero-order chi connectivity index (χ0) is 10.7. The van der Waals surface area contributed by atoms with Crippen LogP contribution in [0.4, 0.5) is 5.69 Å². The largest absolute Gasteiger partial charge is 0.480 e. The molecule has 0 aliphatic carbocycles. The molecule has 1 N–H and O–H groups in total. The standard InChI is InChI=1S/C10H12ClNO2/c1-7(10(13)14)12(2)9-5-3-4-8(11)6-9/h3-7H,1-2H3,(H,13,14). The van der Waals surface area contributed by atoms with E-state index in [1.807, 2.05) is 6.07 Å². The van der Waals surface area contributed by atoms with Gasteiger partial charge in [0, 0.05) is 17.8 Å². The van der Waals surface area contributed by atoms with Crippen molar-refractivity contribution < 1.29 is 9.90 Å².